The second-order valence-corrected chi connectivity index (χ2v) is 16.3. The van der Waals surface area contributed by atoms with Crippen molar-refractivity contribution in [2.24, 2.45) is 7.05 Å². The fraction of sp³-hybridized carbons (Fsp3) is 0.383. The number of piperazine rings is 1. The quantitative estimate of drug-likeness (QED) is 0.136. The number of amides is 1. The molecule has 0 bridgehead atoms. The van der Waals surface area contributed by atoms with E-state index in [-0.39, 0.29) is 12.7 Å². The standard InChI is InChI=1S/C47H53N5O7/c1-47(2,3)59-46(55)51-26-24-50(25-27-51)33-19-21-34(22-20-33)58-30-39-42-38-16-10-15-36-37(17-11-29-57-41-18-9-13-32-12-5-6-14-35(32)41)44(45(53)54)52(43(36)38)23-7-8-28-56-31-40(42)49(4)48-39/h5-6,9-10,12-16,18-22H,7-8,11,17,23-31H2,1-4H3,(H,53,54). The number of carbonyl (C=O) groups is 2. The number of para-hydroxylation sites is 1. The summed E-state index contributed by atoms with van der Waals surface area (Å²) in [6.45, 7) is 10.4. The third-order valence-corrected chi connectivity index (χ3v) is 11.1. The highest BCUT2D eigenvalue weighted by atomic mass is 16.6. The van der Waals surface area contributed by atoms with Crippen molar-refractivity contribution >= 4 is 39.4 Å². The smallest absolute Gasteiger partial charge is 0.410 e. The van der Waals surface area contributed by atoms with Crippen LogP contribution in [0.1, 0.15) is 67.5 Å². The lowest BCUT2D eigenvalue weighted by atomic mass is 9.98. The molecule has 0 unspecified atom stereocenters. The number of hydrogen-bond donors (Lipinski definition) is 1. The molecule has 4 heterocycles. The van der Waals surface area contributed by atoms with Crippen molar-refractivity contribution in [1.29, 1.82) is 0 Å². The number of aromatic carboxylic acids is 1. The first kappa shape index (κ1) is 39.8. The molecular weight excluding hydrogens is 747 g/mol. The maximum atomic E-state index is 13.2. The number of carboxylic acid groups (broad SMARTS) is 1. The Morgan fingerprint density at radius 1 is 0.847 bits per heavy atom. The molecule has 2 aliphatic rings. The van der Waals surface area contributed by atoms with Gasteiger partial charge in [-0.3, -0.25) is 4.68 Å². The van der Waals surface area contributed by atoms with Crippen LogP contribution in [0.3, 0.4) is 0 Å². The molecule has 0 saturated carbocycles. The van der Waals surface area contributed by atoms with Gasteiger partial charge in [0.2, 0.25) is 0 Å². The highest BCUT2D eigenvalue weighted by Gasteiger charge is 2.29. The summed E-state index contributed by atoms with van der Waals surface area (Å²) in [6, 6.07) is 28.4. The van der Waals surface area contributed by atoms with Crippen LogP contribution in [0.4, 0.5) is 10.5 Å². The summed E-state index contributed by atoms with van der Waals surface area (Å²) in [5.74, 6) is 0.593. The van der Waals surface area contributed by atoms with Gasteiger partial charge in [0.15, 0.2) is 0 Å². The molecule has 2 aliphatic heterocycles. The first-order chi connectivity index (χ1) is 28.6. The van der Waals surface area contributed by atoms with Gasteiger partial charge in [0, 0.05) is 74.0 Å². The number of aromatic nitrogens is 3. The molecule has 6 aromatic rings. The molecule has 59 heavy (non-hydrogen) atoms. The zero-order valence-electron chi connectivity index (χ0n) is 34.4. The summed E-state index contributed by atoms with van der Waals surface area (Å²) in [7, 11) is 1.92. The van der Waals surface area contributed by atoms with Crippen LogP contribution in [-0.2, 0) is 42.7 Å². The second kappa shape index (κ2) is 17.1. The Kier molecular flexibility index (Phi) is 11.5. The van der Waals surface area contributed by atoms with Crippen LogP contribution in [0.5, 0.6) is 11.5 Å². The molecule has 1 N–H and O–H groups in total. The van der Waals surface area contributed by atoms with E-state index in [1.54, 1.807) is 4.90 Å². The van der Waals surface area contributed by atoms with Crippen molar-refractivity contribution in [2.75, 3.05) is 44.3 Å². The Labute approximate surface area is 344 Å². The van der Waals surface area contributed by atoms with Gasteiger partial charge in [0.05, 0.1) is 24.4 Å². The number of aryl methyl sites for hydroxylation is 3. The minimum absolute atomic E-state index is 0.207. The molecule has 1 amide bonds. The predicted octanol–water partition coefficient (Wildman–Crippen LogP) is 8.85. The molecule has 1 fully saturated rings. The summed E-state index contributed by atoms with van der Waals surface area (Å²) in [5, 5.41) is 18.9. The Hall–Kier alpha value is -6.01. The average molecular weight is 800 g/mol. The summed E-state index contributed by atoms with van der Waals surface area (Å²) >= 11 is 0. The Morgan fingerprint density at radius 3 is 2.37 bits per heavy atom. The molecule has 0 spiro atoms. The molecule has 0 atom stereocenters. The van der Waals surface area contributed by atoms with Crippen molar-refractivity contribution in [1.82, 2.24) is 19.2 Å². The highest BCUT2D eigenvalue weighted by molar-refractivity contribution is 6.04. The van der Waals surface area contributed by atoms with Crippen LogP contribution in [0.2, 0.25) is 0 Å². The predicted molar refractivity (Wildman–Crippen MR) is 229 cm³/mol. The van der Waals surface area contributed by atoms with Crippen molar-refractivity contribution in [3.8, 4) is 22.6 Å². The molecule has 8 rings (SSSR count). The van der Waals surface area contributed by atoms with E-state index in [2.05, 4.69) is 29.2 Å². The number of carboxylic acids is 1. The van der Waals surface area contributed by atoms with Crippen molar-refractivity contribution < 1.29 is 33.6 Å². The van der Waals surface area contributed by atoms with Gasteiger partial charge in [-0.15, -0.1) is 0 Å². The maximum absolute atomic E-state index is 13.2. The normalized spacial score (nSPS) is 14.8. The van der Waals surface area contributed by atoms with Gasteiger partial charge in [-0.1, -0.05) is 54.6 Å². The zero-order valence-corrected chi connectivity index (χ0v) is 34.4. The fourth-order valence-corrected chi connectivity index (χ4v) is 8.37. The van der Waals surface area contributed by atoms with Crippen LogP contribution >= 0.6 is 0 Å². The highest BCUT2D eigenvalue weighted by Crippen LogP contribution is 2.39. The van der Waals surface area contributed by atoms with Crippen LogP contribution in [0, 0.1) is 0 Å². The van der Waals surface area contributed by atoms with Crippen molar-refractivity contribution in [3.05, 3.63) is 108 Å². The second-order valence-electron chi connectivity index (χ2n) is 16.3. The number of anilines is 1. The lowest BCUT2D eigenvalue weighted by molar-refractivity contribution is 0.0240. The fourth-order valence-electron chi connectivity index (χ4n) is 8.37. The number of fused-ring (bicyclic) bond motifs is 3. The van der Waals surface area contributed by atoms with E-state index in [9.17, 15) is 14.7 Å². The van der Waals surface area contributed by atoms with E-state index in [0.717, 1.165) is 74.0 Å². The summed E-state index contributed by atoms with van der Waals surface area (Å²) in [4.78, 5) is 29.8. The molecule has 4 aromatic carbocycles. The molecule has 12 nitrogen and oxygen atoms in total. The molecule has 308 valence electrons. The Balaban J connectivity index is 1.04. The topological polar surface area (TPSA) is 121 Å². The van der Waals surface area contributed by atoms with Gasteiger partial charge in [0.25, 0.3) is 0 Å². The van der Waals surface area contributed by atoms with E-state index in [4.69, 9.17) is 24.0 Å². The molecule has 1 saturated heterocycles. The maximum Gasteiger partial charge on any atom is 0.410 e. The number of rotatable bonds is 10. The third-order valence-electron chi connectivity index (χ3n) is 11.1. The van der Waals surface area contributed by atoms with Crippen molar-refractivity contribution in [3.63, 3.8) is 0 Å². The molecular formula is C47H53N5O7. The summed E-state index contributed by atoms with van der Waals surface area (Å²) in [5.41, 5.74) is 6.04. The minimum atomic E-state index is -0.938. The number of benzene rings is 4. The van der Waals surface area contributed by atoms with Gasteiger partial charge in [-0.25, -0.2) is 9.59 Å². The average Bonchev–Trinajstić information content (AvgIpc) is 3.71. The number of ether oxygens (including phenoxy) is 4. The van der Waals surface area contributed by atoms with E-state index < -0.39 is 11.6 Å². The third kappa shape index (κ3) is 8.59. The summed E-state index contributed by atoms with van der Waals surface area (Å²) in [6.07, 6.45) is 2.51. The SMILES string of the molecule is Cn1nc(COc2ccc(N3CCN(C(=O)OC(C)(C)C)CC3)cc2)c2c1COCCCCn1c(C(=O)O)c(CCCOc3cccc4ccccc34)c3cccc-2c31. The lowest BCUT2D eigenvalue weighted by Crippen LogP contribution is -2.50. The molecule has 0 aliphatic carbocycles. The lowest BCUT2D eigenvalue weighted by Gasteiger charge is -2.36. The van der Waals surface area contributed by atoms with Crippen LogP contribution < -0.4 is 14.4 Å². The van der Waals surface area contributed by atoms with E-state index in [1.165, 1.54) is 0 Å². The molecule has 2 aromatic heterocycles. The van der Waals surface area contributed by atoms with Gasteiger partial charge in [-0.05, 0) is 87.7 Å². The molecule has 0 radical (unpaired) electrons. The van der Waals surface area contributed by atoms with Crippen molar-refractivity contribution in [2.45, 2.75) is 71.8 Å². The van der Waals surface area contributed by atoms with Crippen LogP contribution in [0.15, 0.2) is 84.9 Å². The first-order valence-corrected chi connectivity index (χ1v) is 20.6. The number of nitrogens with zero attached hydrogens (tertiary/aromatic N) is 5. The largest absolute Gasteiger partial charge is 0.493 e. The number of hydrogen-bond acceptors (Lipinski definition) is 8. The Bertz CT molecular complexity index is 2450. The molecule has 12 heteroatoms. The van der Waals surface area contributed by atoms with Gasteiger partial charge >= 0.3 is 12.1 Å². The van der Waals surface area contributed by atoms with E-state index in [0.29, 0.717) is 76.8 Å². The van der Waals surface area contributed by atoms with Gasteiger partial charge in [0.1, 0.15) is 35.1 Å². The monoisotopic (exact) mass is 799 g/mol. The first-order valence-electron chi connectivity index (χ1n) is 20.6. The van der Waals surface area contributed by atoms with Gasteiger partial charge < -0.3 is 38.4 Å². The Morgan fingerprint density at radius 2 is 1.59 bits per heavy atom. The minimum Gasteiger partial charge on any atom is -0.493 e. The van der Waals surface area contributed by atoms with E-state index >= 15 is 0 Å². The number of carbonyl (C=O) groups excluding carboxylic acids is 1. The zero-order chi connectivity index (χ0) is 41.1. The summed E-state index contributed by atoms with van der Waals surface area (Å²) < 4.78 is 28.3. The van der Waals surface area contributed by atoms with E-state index in [1.807, 2.05) is 97.7 Å². The van der Waals surface area contributed by atoms with Gasteiger partial charge in [-0.2, -0.15) is 5.10 Å². The van der Waals surface area contributed by atoms with Crippen LogP contribution in [0.25, 0.3) is 32.8 Å². The van der Waals surface area contributed by atoms with Crippen LogP contribution in [-0.4, -0.2) is 81.4 Å².